The maximum atomic E-state index is 12.3. The number of nitrogens with zero attached hydrogens (tertiary/aromatic N) is 1. The van der Waals surface area contributed by atoms with Crippen molar-refractivity contribution in [1.82, 2.24) is 4.72 Å². The van der Waals surface area contributed by atoms with Crippen molar-refractivity contribution < 1.29 is 13.6 Å². The van der Waals surface area contributed by atoms with Gasteiger partial charge in [0, 0.05) is 8.95 Å². The number of rotatable bonds is 4. The number of hydrogen-bond acceptors (Lipinski definition) is 4. The van der Waals surface area contributed by atoms with Crippen molar-refractivity contribution in [3.8, 4) is 0 Å². The maximum absolute atomic E-state index is 12.3. The lowest BCUT2D eigenvalue weighted by atomic mass is 10.1. The lowest BCUT2D eigenvalue weighted by Crippen LogP contribution is -2.53. The molecule has 0 aliphatic rings. The van der Waals surface area contributed by atoms with Crippen LogP contribution < -0.4 is 10.5 Å². The van der Waals surface area contributed by atoms with E-state index in [4.69, 9.17) is 10.9 Å². The topological polar surface area (TPSA) is 105 Å². The molecular weight excluding hydrogens is 402 g/mol. The molecule has 0 unspecified atom stereocenters. The number of nitrogens with one attached hydrogen (secondary N) is 1. The van der Waals surface area contributed by atoms with Gasteiger partial charge in [0.1, 0.15) is 0 Å². The third-order valence-electron chi connectivity index (χ3n) is 2.32. The van der Waals surface area contributed by atoms with Gasteiger partial charge >= 0.3 is 0 Å². The minimum absolute atomic E-state index is 0.0562. The van der Waals surface area contributed by atoms with Gasteiger partial charge in [0.15, 0.2) is 5.84 Å². The summed E-state index contributed by atoms with van der Waals surface area (Å²) in [5.41, 5.74) is 4.24. The van der Waals surface area contributed by atoms with Crippen LogP contribution in [0.15, 0.2) is 37.2 Å². The summed E-state index contributed by atoms with van der Waals surface area (Å²) in [6.45, 7) is 2.98. The summed E-state index contributed by atoms with van der Waals surface area (Å²) in [6, 6.07) is 4.77. The summed E-state index contributed by atoms with van der Waals surface area (Å²) in [5.74, 6) is -0.234. The third-order valence-corrected chi connectivity index (χ3v) is 5.46. The van der Waals surface area contributed by atoms with Crippen LogP contribution in [0.1, 0.15) is 13.8 Å². The van der Waals surface area contributed by atoms with Crippen molar-refractivity contribution in [3.63, 3.8) is 0 Å². The molecule has 0 heterocycles. The second-order valence-electron chi connectivity index (χ2n) is 4.29. The summed E-state index contributed by atoms with van der Waals surface area (Å²) >= 11 is 6.39. The molecule has 0 saturated heterocycles. The molecule has 1 aromatic carbocycles. The van der Waals surface area contributed by atoms with Crippen LogP contribution in [0, 0.1) is 0 Å². The van der Waals surface area contributed by atoms with Gasteiger partial charge in [-0.1, -0.05) is 21.1 Å². The number of sulfonamides is 1. The highest BCUT2D eigenvalue weighted by atomic mass is 79.9. The first-order valence-electron chi connectivity index (χ1n) is 5.07. The molecule has 0 spiro atoms. The summed E-state index contributed by atoms with van der Waals surface area (Å²) in [6.07, 6.45) is 0. The molecule has 1 rings (SSSR count). The van der Waals surface area contributed by atoms with Gasteiger partial charge < -0.3 is 10.9 Å². The van der Waals surface area contributed by atoms with Crippen LogP contribution in [0.25, 0.3) is 0 Å². The van der Waals surface area contributed by atoms with E-state index in [2.05, 4.69) is 41.7 Å². The van der Waals surface area contributed by atoms with Crippen LogP contribution >= 0.6 is 31.9 Å². The van der Waals surface area contributed by atoms with Crippen LogP contribution in [0.4, 0.5) is 0 Å². The Morgan fingerprint density at radius 1 is 1.42 bits per heavy atom. The van der Waals surface area contributed by atoms with Crippen molar-refractivity contribution in [2.45, 2.75) is 24.3 Å². The van der Waals surface area contributed by atoms with Crippen LogP contribution in [0.5, 0.6) is 0 Å². The predicted molar refractivity (Wildman–Crippen MR) is 79.7 cm³/mol. The first kappa shape index (κ1) is 16.4. The standard InChI is InChI=1S/C10H13Br2N3O3S/c1-10(2,9(13)14-16)15-19(17,18)8-5-6(11)3-4-7(8)12/h3-5,15-16H,1-2H3,(H2,13,14). The second-order valence-corrected chi connectivity index (χ2v) is 7.71. The number of benzene rings is 1. The SMILES string of the molecule is CC(C)(NS(=O)(=O)c1cc(Br)ccc1Br)/C(N)=N/O. The van der Waals surface area contributed by atoms with Gasteiger partial charge in [-0.3, -0.25) is 0 Å². The zero-order valence-corrected chi connectivity index (χ0v) is 14.2. The Bertz CT molecular complexity index is 614. The second kappa shape index (κ2) is 5.78. The third kappa shape index (κ3) is 3.91. The van der Waals surface area contributed by atoms with Crippen molar-refractivity contribution >= 4 is 47.7 Å². The Kier molecular flexibility index (Phi) is 4.99. The van der Waals surface area contributed by atoms with Gasteiger partial charge in [-0.2, -0.15) is 4.72 Å². The van der Waals surface area contributed by atoms with Gasteiger partial charge in [0.2, 0.25) is 10.0 Å². The molecule has 4 N–H and O–H groups in total. The fourth-order valence-corrected chi connectivity index (χ4v) is 4.14. The molecule has 6 nitrogen and oxygen atoms in total. The fraction of sp³-hybridized carbons (Fsp3) is 0.300. The van der Waals surface area contributed by atoms with E-state index in [1.807, 2.05) is 0 Å². The molecular formula is C10H13Br2N3O3S. The molecule has 9 heteroatoms. The Balaban J connectivity index is 3.23. The minimum Gasteiger partial charge on any atom is -0.409 e. The Hall–Kier alpha value is -0.640. The highest BCUT2D eigenvalue weighted by molar-refractivity contribution is 9.11. The zero-order valence-electron chi connectivity index (χ0n) is 10.2. The molecule has 0 aliphatic carbocycles. The smallest absolute Gasteiger partial charge is 0.242 e. The zero-order chi connectivity index (χ0) is 14.8. The van der Waals surface area contributed by atoms with Crippen molar-refractivity contribution in [2.24, 2.45) is 10.9 Å². The lowest BCUT2D eigenvalue weighted by Gasteiger charge is -2.24. The van der Waals surface area contributed by atoms with E-state index in [1.165, 1.54) is 19.9 Å². The predicted octanol–water partition coefficient (Wildman–Crippen LogP) is 2.01. The van der Waals surface area contributed by atoms with Gasteiger partial charge in [-0.15, -0.1) is 0 Å². The Morgan fingerprint density at radius 3 is 2.53 bits per heavy atom. The fourth-order valence-electron chi connectivity index (χ4n) is 1.25. The number of nitrogens with two attached hydrogens (primary N) is 1. The van der Waals surface area contributed by atoms with Crippen molar-refractivity contribution in [2.75, 3.05) is 0 Å². The van der Waals surface area contributed by atoms with Gasteiger partial charge in [0.05, 0.1) is 10.4 Å². The highest BCUT2D eigenvalue weighted by Crippen LogP contribution is 2.26. The van der Waals surface area contributed by atoms with Gasteiger partial charge in [0.25, 0.3) is 0 Å². The van der Waals surface area contributed by atoms with Gasteiger partial charge in [-0.05, 0) is 48.0 Å². The number of amidine groups is 1. The molecule has 1 aromatic rings. The summed E-state index contributed by atoms with van der Waals surface area (Å²) in [7, 11) is -3.83. The van der Waals surface area contributed by atoms with E-state index in [0.717, 1.165) is 0 Å². The largest absolute Gasteiger partial charge is 0.409 e. The van der Waals surface area contributed by atoms with Crippen molar-refractivity contribution in [3.05, 3.63) is 27.1 Å². The summed E-state index contributed by atoms with van der Waals surface area (Å²) < 4.78 is 28.0. The van der Waals surface area contributed by atoms with E-state index in [0.29, 0.717) is 8.95 Å². The Labute approximate surface area is 128 Å². The molecule has 0 radical (unpaired) electrons. The van der Waals surface area contributed by atoms with Gasteiger partial charge in [-0.25, -0.2) is 8.42 Å². The van der Waals surface area contributed by atoms with Crippen LogP contribution in [-0.2, 0) is 10.0 Å². The molecule has 0 amide bonds. The number of oxime groups is 1. The first-order chi connectivity index (χ1) is 8.60. The average molecular weight is 415 g/mol. The highest BCUT2D eigenvalue weighted by Gasteiger charge is 2.31. The van der Waals surface area contributed by atoms with E-state index in [9.17, 15) is 8.42 Å². The van der Waals surface area contributed by atoms with E-state index >= 15 is 0 Å². The maximum Gasteiger partial charge on any atom is 0.242 e. The normalized spacial score (nSPS) is 13.6. The van der Waals surface area contributed by atoms with Crippen molar-refractivity contribution in [1.29, 1.82) is 0 Å². The molecule has 0 saturated carbocycles. The minimum atomic E-state index is -3.83. The van der Waals surface area contributed by atoms with E-state index < -0.39 is 15.6 Å². The number of hydrogen-bond donors (Lipinski definition) is 3. The molecule has 106 valence electrons. The molecule has 0 bridgehead atoms. The number of halogens is 2. The summed E-state index contributed by atoms with van der Waals surface area (Å²) in [4.78, 5) is 0.0562. The van der Waals surface area contributed by atoms with Crippen LogP contribution in [-0.4, -0.2) is 25.0 Å². The van der Waals surface area contributed by atoms with E-state index in [-0.39, 0.29) is 10.7 Å². The molecule has 19 heavy (non-hydrogen) atoms. The lowest BCUT2D eigenvalue weighted by molar-refractivity contribution is 0.312. The average Bonchev–Trinajstić information content (AvgIpc) is 2.29. The molecule has 0 atom stereocenters. The molecule has 0 aliphatic heterocycles. The quantitative estimate of drug-likeness (QED) is 0.303. The van der Waals surface area contributed by atoms with Crippen LogP contribution in [0.2, 0.25) is 0 Å². The Morgan fingerprint density at radius 2 is 2.00 bits per heavy atom. The summed E-state index contributed by atoms with van der Waals surface area (Å²) in [5, 5.41) is 11.5. The first-order valence-corrected chi connectivity index (χ1v) is 8.14. The van der Waals surface area contributed by atoms with Crippen LogP contribution in [0.3, 0.4) is 0 Å². The molecule has 0 fully saturated rings. The monoisotopic (exact) mass is 413 g/mol. The molecule has 0 aromatic heterocycles. The van der Waals surface area contributed by atoms with E-state index in [1.54, 1.807) is 12.1 Å².